The summed E-state index contributed by atoms with van der Waals surface area (Å²) < 4.78 is 13.2. The number of fused-ring (bicyclic) bond motifs is 1. The van der Waals surface area contributed by atoms with Crippen molar-refractivity contribution in [1.82, 2.24) is 19.6 Å². The maximum Gasteiger partial charge on any atom is 0.270 e. The molecule has 24 heavy (non-hydrogen) atoms. The lowest BCUT2D eigenvalue weighted by Crippen LogP contribution is -2.51. The van der Waals surface area contributed by atoms with E-state index in [4.69, 9.17) is 9.26 Å². The smallest absolute Gasteiger partial charge is 0.270 e. The molecule has 128 valence electrons. The van der Waals surface area contributed by atoms with Crippen LogP contribution in [0, 0.1) is 12.8 Å². The summed E-state index contributed by atoms with van der Waals surface area (Å²) in [6.07, 6.45) is 3.76. The number of aromatic nitrogens is 3. The largest absolute Gasteiger partial charge is 0.378 e. The van der Waals surface area contributed by atoms with Gasteiger partial charge < -0.3 is 18.7 Å². The van der Waals surface area contributed by atoms with Gasteiger partial charge in [0.1, 0.15) is 5.69 Å². The van der Waals surface area contributed by atoms with Crippen LogP contribution in [0.2, 0.25) is 0 Å². The minimum Gasteiger partial charge on any atom is -0.378 e. The fraction of sp³-hybridized carbons (Fsp3) is 0.588. The molecule has 4 heterocycles. The van der Waals surface area contributed by atoms with Crippen LogP contribution in [0.3, 0.4) is 0 Å². The first kappa shape index (κ1) is 15.4. The molecule has 7 heteroatoms. The predicted molar refractivity (Wildman–Crippen MR) is 85.6 cm³/mol. The first-order chi connectivity index (χ1) is 11.6. The van der Waals surface area contributed by atoms with Crippen LogP contribution in [0.1, 0.15) is 41.0 Å². The molecule has 2 aliphatic rings. The summed E-state index contributed by atoms with van der Waals surface area (Å²) in [7, 11) is 1.90. The molecule has 2 aliphatic heterocycles. The molecule has 0 unspecified atom stereocenters. The third kappa shape index (κ3) is 2.62. The number of aryl methyl sites for hydroxylation is 2. The van der Waals surface area contributed by atoms with Gasteiger partial charge in [0.25, 0.3) is 5.91 Å². The number of carbonyl (C=O) groups excluding carboxylic acids is 1. The monoisotopic (exact) mass is 330 g/mol. The zero-order valence-electron chi connectivity index (χ0n) is 14.0. The van der Waals surface area contributed by atoms with Crippen LogP contribution < -0.4 is 0 Å². The van der Waals surface area contributed by atoms with Crippen molar-refractivity contribution in [3.05, 3.63) is 35.7 Å². The Hall–Kier alpha value is -2.15. The van der Waals surface area contributed by atoms with Crippen molar-refractivity contribution in [2.75, 3.05) is 19.7 Å². The Balaban J connectivity index is 1.56. The molecule has 4 rings (SSSR count). The first-order valence-corrected chi connectivity index (χ1v) is 8.46. The summed E-state index contributed by atoms with van der Waals surface area (Å²) >= 11 is 0. The average Bonchev–Trinajstić information content (AvgIpc) is 3.21. The third-order valence-corrected chi connectivity index (χ3v) is 5.18. The number of amides is 1. The number of hydrogen-bond acceptors (Lipinski definition) is 5. The van der Waals surface area contributed by atoms with Crippen LogP contribution in [0.25, 0.3) is 0 Å². The maximum atomic E-state index is 12.8. The van der Waals surface area contributed by atoms with Crippen molar-refractivity contribution in [2.45, 2.75) is 31.8 Å². The van der Waals surface area contributed by atoms with E-state index in [1.165, 1.54) is 0 Å². The molecular weight excluding hydrogens is 308 g/mol. The molecule has 2 fully saturated rings. The van der Waals surface area contributed by atoms with Gasteiger partial charge in [-0.3, -0.25) is 4.79 Å². The summed E-state index contributed by atoms with van der Waals surface area (Å²) in [5.74, 6) is 1.78. The Morgan fingerprint density at radius 2 is 2.25 bits per heavy atom. The van der Waals surface area contributed by atoms with E-state index < -0.39 is 0 Å². The van der Waals surface area contributed by atoms with Gasteiger partial charge in [-0.15, -0.1) is 0 Å². The SMILES string of the molecule is Cc1noc([C@@H]2CCO[C@@H]3CCN(C(=O)c4cccn4C)C[C@@H]32)n1. The molecule has 0 aliphatic carbocycles. The van der Waals surface area contributed by atoms with Crippen LogP contribution >= 0.6 is 0 Å². The second-order valence-corrected chi connectivity index (χ2v) is 6.69. The van der Waals surface area contributed by atoms with Gasteiger partial charge in [0.2, 0.25) is 5.89 Å². The number of ether oxygens (including phenoxy) is 1. The van der Waals surface area contributed by atoms with Crippen molar-refractivity contribution in [3.8, 4) is 0 Å². The maximum absolute atomic E-state index is 12.8. The van der Waals surface area contributed by atoms with Gasteiger partial charge in [-0.25, -0.2) is 0 Å². The fourth-order valence-electron chi connectivity index (χ4n) is 3.91. The Kier molecular flexibility index (Phi) is 3.88. The van der Waals surface area contributed by atoms with E-state index in [2.05, 4.69) is 10.1 Å². The molecule has 0 aromatic carbocycles. The highest BCUT2D eigenvalue weighted by Crippen LogP contribution is 2.39. The lowest BCUT2D eigenvalue weighted by Gasteiger charge is -2.44. The van der Waals surface area contributed by atoms with Crippen molar-refractivity contribution < 1.29 is 14.1 Å². The van der Waals surface area contributed by atoms with Gasteiger partial charge in [0, 0.05) is 44.8 Å². The van der Waals surface area contributed by atoms with E-state index >= 15 is 0 Å². The molecule has 0 N–H and O–H groups in total. The van der Waals surface area contributed by atoms with E-state index in [9.17, 15) is 4.79 Å². The van der Waals surface area contributed by atoms with Crippen LogP contribution in [0.4, 0.5) is 0 Å². The molecule has 2 aromatic heterocycles. The molecule has 0 saturated carbocycles. The molecular formula is C17H22N4O3. The normalized spacial score (nSPS) is 27.1. The molecule has 2 aromatic rings. The van der Waals surface area contributed by atoms with E-state index in [-0.39, 0.29) is 23.8 Å². The second-order valence-electron chi connectivity index (χ2n) is 6.69. The Bertz CT molecular complexity index is 738. The summed E-state index contributed by atoms with van der Waals surface area (Å²) in [6.45, 7) is 3.93. The summed E-state index contributed by atoms with van der Waals surface area (Å²) in [5, 5.41) is 3.93. The van der Waals surface area contributed by atoms with Crippen LogP contribution in [0.5, 0.6) is 0 Å². The zero-order valence-corrected chi connectivity index (χ0v) is 14.0. The number of piperidine rings is 1. The van der Waals surface area contributed by atoms with E-state index in [0.29, 0.717) is 24.9 Å². The Morgan fingerprint density at radius 1 is 1.38 bits per heavy atom. The summed E-state index contributed by atoms with van der Waals surface area (Å²) in [5.41, 5.74) is 0.718. The van der Waals surface area contributed by atoms with E-state index in [0.717, 1.165) is 25.1 Å². The van der Waals surface area contributed by atoms with Crippen molar-refractivity contribution in [3.63, 3.8) is 0 Å². The summed E-state index contributed by atoms with van der Waals surface area (Å²) in [4.78, 5) is 19.2. The van der Waals surface area contributed by atoms with Gasteiger partial charge in [-0.2, -0.15) is 4.98 Å². The topological polar surface area (TPSA) is 73.4 Å². The highest BCUT2D eigenvalue weighted by molar-refractivity contribution is 5.92. The first-order valence-electron chi connectivity index (χ1n) is 8.46. The minimum atomic E-state index is 0.0759. The standard InChI is InChI=1S/C17H22N4O3/c1-11-18-16(24-19-11)12-6-9-23-15-5-8-21(10-13(12)15)17(22)14-4-3-7-20(14)2/h3-4,7,12-13,15H,5-6,8-10H2,1-2H3/t12-,13-,15-/m1/s1. The highest BCUT2D eigenvalue weighted by Gasteiger charge is 2.42. The van der Waals surface area contributed by atoms with Crippen LogP contribution in [0.15, 0.2) is 22.9 Å². The van der Waals surface area contributed by atoms with Crippen LogP contribution in [-0.4, -0.2) is 51.3 Å². The minimum absolute atomic E-state index is 0.0759. The van der Waals surface area contributed by atoms with Gasteiger partial charge >= 0.3 is 0 Å². The van der Waals surface area contributed by atoms with Crippen molar-refractivity contribution >= 4 is 5.91 Å². The summed E-state index contributed by atoms with van der Waals surface area (Å²) in [6, 6.07) is 3.76. The number of nitrogens with zero attached hydrogens (tertiary/aromatic N) is 4. The molecule has 3 atom stereocenters. The lowest BCUT2D eigenvalue weighted by molar-refractivity contribution is -0.0757. The van der Waals surface area contributed by atoms with Crippen molar-refractivity contribution in [1.29, 1.82) is 0 Å². The van der Waals surface area contributed by atoms with E-state index in [1.807, 2.05) is 41.8 Å². The molecule has 0 radical (unpaired) electrons. The average molecular weight is 330 g/mol. The molecule has 1 amide bonds. The molecule has 0 spiro atoms. The number of likely N-dealkylation sites (tertiary alicyclic amines) is 1. The Labute approximate surface area is 140 Å². The van der Waals surface area contributed by atoms with Gasteiger partial charge in [-0.1, -0.05) is 5.16 Å². The predicted octanol–water partition coefficient (Wildman–Crippen LogP) is 1.75. The van der Waals surface area contributed by atoms with Gasteiger partial charge in [0.05, 0.1) is 6.10 Å². The number of carbonyl (C=O) groups is 1. The zero-order chi connectivity index (χ0) is 16.7. The van der Waals surface area contributed by atoms with Crippen molar-refractivity contribution in [2.24, 2.45) is 13.0 Å². The molecule has 7 nitrogen and oxygen atoms in total. The molecule has 0 bridgehead atoms. The Morgan fingerprint density at radius 3 is 2.96 bits per heavy atom. The number of hydrogen-bond donors (Lipinski definition) is 0. The van der Waals surface area contributed by atoms with E-state index in [1.54, 1.807) is 0 Å². The van der Waals surface area contributed by atoms with Gasteiger partial charge in [0.15, 0.2) is 5.82 Å². The molecule has 2 saturated heterocycles. The third-order valence-electron chi connectivity index (χ3n) is 5.18. The lowest BCUT2D eigenvalue weighted by atomic mass is 9.79. The second kappa shape index (κ2) is 6.05. The van der Waals surface area contributed by atoms with Gasteiger partial charge in [-0.05, 0) is 31.9 Å². The number of rotatable bonds is 2. The quantitative estimate of drug-likeness (QED) is 0.839. The fourth-order valence-corrected chi connectivity index (χ4v) is 3.91. The van der Waals surface area contributed by atoms with Crippen LogP contribution in [-0.2, 0) is 11.8 Å². The highest BCUT2D eigenvalue weighted by atomic mass is 16.5.